The van der Waals surface area contributed by atoms with Gasteiger partial charge in [0.25, 0.3) is 0 Å². The number of esters is 1. The highest BCUT2D eigenvalue weighted by molar-refractivity contribution is 7.80. The van der Waals surface area contributed by atoms with Crippen LogP contribution >= 0.6 is 12.2 Å². The number of pyridine rings is 1. The van der Waals surface area contributed by atoms with E-state index < -0.39 is 12.0 Å². The number of hydrogen-bond donors (Lipinski definition) is 1. The zero-order valence-corrected chi connectivity index (χ0v) is 19.1. The van der Waals surface area contributed by atoms with E-state index in [1.165, 1.54) is 13.2 Å². The van der Waals surface area contributed by atoms with Crippen molar-refractivity contribution >= 4 is 29.0 Å². The van der Waals surface area contributed by atoms with Gasteiger partial charge in [0.15, 0.2) is 5.11 Å². The van der Waals surface area contributed by atoms with Crippen LogP contribution < -0.4 is 10.2 Å². The predicted molar refractivity (Wildman–Crippen MR) is 131 cm³/mol. The fraction of sp³-hybridized carbons (Fsp3) is 0.115. The summed E-state index contributed by atoms with van der Waals surface area (Å²) in [6.45, 7) is 0. The Hall–Kier alpha value is -4.04. The standard InChI is InChI=1S/C26H21FN4O2S/c1-33-25(32)17-8-6-9-18(16-17)30-15-7-13-22(30)24-23(20-11-4-5-14-28-20)29-26(34)31(24)21-12-3-2-10-19(21)27/h2-16,23-24H,1H3,(H,29,34)/t23-,24-/m0/s1. The summed E-state index contributed by atoms with van der Waals surface area (Å²) >= 11 is 5.69. The van der Waals surface area contributed by atoms with Crippen LogP contribution in [0, 0.1) is 5.82 Å². The maximum atomic E-state index is 15.0. The number of carbonyl (C=O) groups is 1. The number of carbonyl (C=O) groups excluding carboxylic acids is 1. The molecular weight excluding hydrogens is 451 g/mol. The van der Waals surface area contributed by atoms with Crippen LogP contribution in [0.3, 0.4) is 0 Å². The Morgan fingerprint density at radius 3 is 2.65 bits per heavy atom. The van der Waals surface area contributed by atoms with E-state index in [0.717, 1.165) is 17.1 Å². The topological polar surface area (TPSA) is 59.4 Å². The minimum Gasteiger partial charge on any atom is -0.465 e. The summed E-state index contributed by atoms with van der Waals surface area (Å²) in [5, 5.41) is 3.75. The molecule has 34 heavy (non-hydrogen) atoms. The number of ether oxygens (including phenoxy) is 1. The van der Waals surface area contributed by atoms with Gasteiger partial charge in [-0.25, -0.2) is 9.18 Å². The van der Waals surface area contributed by atoms with E-state index in [-0.39, 0.29) is 11.9 Å². The van der Waals surface area contributed by atoms with Crippen LogP contribution in [0.5, 0.6) is 0 Å². The van der Waals surface area contributed by atoms with Gasteiger partial charge in [-0.2, -0.15) is 0 Å². The van der Waals surface area contributed by atoms with Crippen LogP contribution in [0.2, 0.25) is 0 Å². The second kappa shape index (κ2) is 9.07. The van der Waals surface area contributed by atoms with Crippen molar-refractivity contribution in [3.63, 3.8) is 0 Å². The van der Waals surface area contributed by atoms with Gasteiger partial charge in [0.05, 0.1) is 30.1 Å². The molecule has 0 saturated carbocycles. The third-order valence-electron chi connectivity index (χ3n) is 5.84. The highest BCUT2D eigenvalue weighted by atomic mass is 32.1. The van der Waals surface area contributed by atoms with E-state index in [2.05, 4.69) is 10.3 Å². The van der Waals surface area contributed by atoms with Crippen LogP contribution in [0.4, 0.5) is 10.1 Å². The van der Waals surface area contributed by atoms with E-state index >= 15 is 0 Å². The highest BCUT2D eigenvalue weighted by Gasteiger charge is 2.43. The van der Waals surface area contributed by atoms with Crippen LogP contribution in [-0.4, -0.2) is 27.7 Å². The summed E-state index contributed by atoms with van der Waals surface area (Å²) in [7, 11) is 1.35. The summed E-state index contributed by atoms with van der Waals surface area (Å²) in [5.74, 6) is -0.789. The number of hydrogen-bond acceptors (Lipinski definition) is 4. The van der Waals surface area contributed by atoms with Crippen molar-refractivity contribution in [1.29, 1.82) is 0 Å². The molecular formula is C26H21FN4O2S. The minimum absolute atomic E-state index is 0.328. The van der Waals surface area contributed by atoms with Crippen LogP contribution in [-0.2, 0) is 4.74 Å². The lowest BCUT2D eigenvalue weighted by atomic mass is 10.0. The molecule has 3 heterocycles. The van der Waals surface area contributed by atoms with E-state index in [1.54, 1.807) is 47.5 Å². The average molecular weight is 473 g/mol. The summed E-state index contributed by atoms with van der Waals surface area (Å²) in [4.78, 5) is 18.4. The van der Waals surface area contributed by atoms with E-state index in [9.17, 15) is 9.18 Å². The molecule has 2 aromatic carbocycles. The molecule has 1 saturated heterocycles. The molecule has 6 nitrogen and oxygen atoms in total. The monoisotopic (exact) mass is 472 g/mol. The average Bonchev–Trinajstić information content (AvgIpc) is 3.49. The van der Waals surface area contributed by atoms with Gasteiger partial charge in [-0.05, 0) is 66.8 Å². The molecule has 1 fully saturated rings. The second-order valence-corrected chi connectivity index (χ2v) is 8.18. The van der Waals surface area contributed by atoms with Crippen molar-refractivity contribution in [3.8, 4) is 5.69 Å². The quantitative estimate of drug-likeness (QED) is 0.327. The summed E-state index contributed by atoms with van der Waals surface area (Å²) in [6, 6.07) is 22.6. The Balaban J connectivity index is 1.67. The highest BCUT2D eigenvalue weighted by Crippen LogP contribution is 2.42. The summed E-state index contributed by atoms with van der Waals surface area (Å²) in [5.41, 5.74) is 3.22. The zero-order chi connectivity index (χ0) is 23.7. The molecule has 8 heteroatoms. The van der Waals surface area contributed by atoms with Gasteiger partial charge in [0.1, 0.15) is 11.9 Å². The predicted octanol–water partition coefficient (Wildman–Crippen LogP) is 4.98. The molecule has 0 amide bonds. The number of methoxy groups -OCH3 is 1. The van der Waals surface area contributed by atoms with Crippen molar-refractivity contribution < 1.29 is 13.9 Å². The molecule has 0 radical (unpaired) electrons. The lowest BCUT2D eigenvalue weighted by Crippen LogP contribution is -2.31. The molecule has 170 valence electrons. The second-order valence-electron chi connectivity index (χ2n) is 7.79. The number of anilines is 1. The Kier molecular flexibility index (Phi) is 5.81. The first-order valence-corrected chi connectivity index (χ1v) is 11.1. The van der Waals surface area contributed by atoms with Crippen LogP contribution in [0.1, 0.15) is 33.8 Å². The van der Waals surface area contributed by atoms with Crippen LogP contribution in [0.15, 0.2) is 91.3 Å². The van der Waals surface area contributed by atoms with Gasteiger partial charge in [-0.15, -0.1) is 0 Å². The van der Waals surface area contributed by atoms with Crippen molar-refractivity contribution in [2.24, 2.45) is 0 Å². The molecule has 5 rings (SSSR count). The largest absolute Gasteiger partial charge is 0.465 e. The maximum Gasteiger partial charge on any atom is 0.337 e. The van der Waals surface area contributed by atoms with Gasteiger partial charge in [0, 0.05) is 23.8 Å². The molecule has 4 aromatic rings. The van der Waals surface area contributed by atoms with Crippen LogP contribution in [0.25, 0.3) is 5.69 Å². The molecule has 2 atom stereocenters. The number of halogens is 1. The summed E-state index contributed by atoms with van der Waals surface area (Å²) in [6.07, 6.45) is 3.63. The fourth-order valence-corrected chi connectivity index (χ4v) is 4.67. The lowest BCUT2D eigenvalue weighted by molar-refractivity contribution is 0.0600. The number of rotatable bonds is 5. The van der Waals surface area contributed by atoms with E-state index in [4.69, 9.17) is 17.0 Å². The number of thiocarbonyl (C=S) groups is 1. The Morgan fingerprint density at radius 2 is 1.88 bits per heavy atom. The van der Waals surface area contributed by atoms with Gasteiger partial charge >= 0.3 is 5.97 Å². The molecule has 0 spiro atoms. The molecule has 1 aliphatic heterocycles. The lowest BCUT2D eigenvalue weighted by Gasteiger charge is -2.29. The maximum absolute atomic E-state index is 15.0. The fourth-order valence-electron chi connectivity index (χ4n) is 4.33. The van der Waals surface area contributed by atoms with Gasteiger partial charge < -0.3 is 19.5 Å². The first-order chi connectivity index (χ1) is 16.6. The normalized spacial score (nSPS) is 17.5. The first kappa shape index (κ1) is 21.8. The van der Waals surface area contributed by atoms with E-state index in [1.807, 2.05) is 47.2 Å². The number of benzene rings is 2. The SMILES string of the molecule is COC(=O)c1cccc(-n2cccc2[C@H]2[C@H](c3ccccn3)NC(=S)N2c2ccccc2F)c1. The number of para-hydroxylation sites is 1. The Morgan fingerprint density at radius 1 is 1.06 bits per heavy atom. The molecule has 1 aliphatic rings. The number of nitrogens with zero attached hydrogens (tertiary/aromatic N) is 3. The third-order valence-corrected chi connectivity index (χ3v) is 6.15. The van der Waals surface area contributed by atoms with Gasteiger partial charge in [-0.1, -0.05) is 24.3 Å². The molecule has 0 unspecified atom stereocenters. The van der Waals surface area contributed by atoms with Crippen molar-refractivity contribution in [2.75, 3.05) is 12.0 Å². The molecule has 1 N–H and O–H groups in total. The number of nitrogens with one attached hydrogen (secondary N) is 1. The van der Waals surface area contributed by atoms with Crippen molar-refractivity contribution in [2.45, 2.75) is 12.1 Å². The zero-order valence-electron chi connectivity index (χ0n) is 18.3. The third kappa shape index (κ3) is 3.82. The molecule has 0 aliphatic carbocycles. The van der Waals surface area contributed by atoms with Crippen molar-refractivity contribution in [1.82, 2.24) is 14.9 Å². The van der Waals surface area contributed by atoms with E-state index in [0.29, 0.717) is 16.4 Å². The Labute approximate surface area is 201 Å². The van der Waals surface area contributed by atoms with Gasteiger partial charge in [0.2, 0.25) is 0 Å². The Bertz CT molecular complexity index is 1360. The smallest absolute Gasteiger partial charge is 0.337 e. The first-order valence-electron chi connectivity index (χ1n) is 10.7. The van der Waals surface area contributed by atoms with Crippen molar-refractivity contribution in [3.05, 3.63) is 114 Å². The summed E-state index contributed by atoms with van der Waals surface area (Å²) < 4.78 is 21.8. The minimum atomic E-state index is -0.418. The molecule has 0 bridgehead atoms. The van der Waals surface area contributed by atoms with Gasteiger partial charge in [-0.3, -0.25) is 4.98 Å². The number of aromatic nitrogens is 2. The molecule has 2 aromatic heterocycles.